The van der Waals surface area contributed by atoms with Gasteiger partial charge < -0.3 is 9.47 Å². The van der Waals surface area contributed by atoms with Gasteiger partial charge >= 0.3 is 0 Å². The van der Waals surface area contributed by atoms with Gasteiger partial charge in [0.1, 0.15) is 5.75 Å². The molecule has 0 fully saturated rings. The van der Waals surface area contributed by atoms with Crippen molar-refractivity contribution in [2.45, 2.75) is 19.6 Å². The second kappa shape index (κ2) is 6.63. The number of fused-ring (bicyclic) bond motifs is 1. The molecule has 3 aromatic carbocycles. The van der Waals surface area contributed by atoms with E-state index in [0.29, 0.717) is 0 Å². The molecule has 3 rings (SSSR count). The second-order valence-electron chi connectivity index (χ2n) is 5.29. The van der Waals surface area contributed by atoms with Gasteiger partial charge in [0, 0.05) is 12.7 Å². The zero-order valence-corrected chi connectivity index (χ0v) is 13.0. The normalized spacial score (nSPS) is 12.3. The van der Waals surface area contributed by atoms with Gasteiger partial charge in [-0.25, -0.2) is 0 Å². The van der Waals surface area contributed by atoms with Crippen molar-refractivity contribution in [1.82, 2.24) is 0 Å². The number of aryl methyl sites for hydroxylation is 1. The van der Waals surface area contributed by atoms with Crippen molar-refractivity contribution in [2.75, 3.05) is 7.11 Å². The highest BCUT2D eigenvalue weighted by Gasteiger charge is 2.11. The van der Waals surface area contributed by atoms with Crippen LogP contribution in [0.1, 0.15) is 24.3 Å². The molecule has 0 aliphatic rings. The van der Waals surface area contributed by atoms with Gasteiger partial charge in [-0.05, 0) is 34.9 Å². The van der Waals surface area contributed by atoms with Crippen LogP contribution in [-0.4, -0.2) is 7.11 Å². The first-order valence-electron chi connectivity index (χ1n) is 7.57. The van der Waals surface area contributed by atoms with E-state index in [4.69, 9.17) is 9.47 Å². The molecule has 0 amide bonds. The van der Waals surface area contributed by atoms with E-state index in [-0.39, 0.29) is 0 Å². The number of hydrogen-bond donors (Lipinski definition) is 0. The lowest BCUT2D eigenvalue weighted by molar-refractivity contribution is -0.0561. The summed E-state index contributed by atoms with van der Waals surface area (Å²) in [6.07, 6.45) is 0.655. The van der Waals surface area contributed by atoms with Crippen molar-refractivity contribution >= 4 is 10.8 Å². The van der Waals surface area contributed by atoms with E-state index in [0.717, 1.165) is 17.7 Å². The van der Waals surface area contributed by atoms with Crippen molar-refractivity contribution in [1.29, 1.82) is 0 Å². The molecule has 1 atom stereocenters. The van der Waals surface area contributed by atoms with E-state index >= 15 is 0 Å². The zero-order valence-electron chi connectivity index (χ0n) is 13.0. The highest BCUT2D eigenvalue weighted by Crippen LogP contribution is 2.27. The summed E-state index contributed by atoms with van der Waals surface area (Å²) in [5.74, 6) is 0.812. The van der Waals surface area contributed by atoms with Crippen LogP contribution >= 0.6 is 0 Å². The lowest BCUT2D eigenvalue weighted by Crippen LogP contribution is -2.09. The standard InChI is InChI=1S/C20H20O2/c1-3-15-9-10-18-14-19(12-11-17(18)13-15)22-20(21-2)16-7-5-4-6-8-16/h4-14,20H,3H2,1-2H3. The Morgan fingerprint density at radius 2 is 1.59 bits per heavy atom. The van der Waals surface area contributed by atoms with Gasteiger partial charge in [0.15, 0.2) is 0 Å². The Labute approximate surface area is 131 Å². The molecule has 0 aliphatic heterocycles. The summed E-state index contributed by atoms with van der Waals surface area (Å²) in [5, 5.41) is 2.41. The van der Waals surface area contributed by atoms with Crippen LogP contribution in [0.3, 0.4) is 0 Å². The second-order valence-corrected chi connectivity index (χ2v) is 5.29. The lowest BCUT2D eigenvalue weighted by Gasteiger charge is -2.18. The summed E-state index contributed by atoms with van der Waals surface area (Å²) in [6, 6.07) is 22.6. The first-order chi connectivity index (χ1) is 10.8. The molecule has 0 radical (unpaired) electrons. The zero-order chi connectivity index (χ0) is 15.4. The van der Waals surface area contributed by atoms with E-state index in [9.17, 15) is 0 Å². The molecule has 0 bridgehead atoms. The van der Waals surface area contributed by atoms with Crippen molar-refractivity contribution in [2.24, 2.45) is 0 Å². The van der Waals surface area contributed by atoms with Crippen molar-refractivity contribution < 1.29 is 9.47 Å². The van der Waals surface area contributed by atoms with Crippen LogP contribution in [0.2, 0.25) is 0 Å². The van der Waals surface area contributed by atoms with Crippen molar-refractivity contribution in [3.05, 3.63) is 77.9 Å². The largest absolute Gasteiger partial charge is 0.461 e. The third kappa shape index (κ3) is 3.12. The fraction of sp³-hybridized carbons (Fsp3) is 0.200. The van der Waals surface area contributed by atoms with Gasteiger partial charge in [0.05, 0.1) is 0 Å². The molecule has 0 heterocycles. The minimum Gasteiger partial charge on any atom is -0.461 e. The molecule has 1 unspecified atom stereocenters. The molecular formula is C20H20O2. The number of hydrogen-bond acceptors (Lipinski definition) is 2. The fourth-order valence-corrected chi connectivity index (χ4v) is 2.55. The fourth-order valence-electron chi connectivity index (χ4n) is 2.55. The summed E-state index contributed by atoms with van der Waals surface area (Å²) in [4.78, 5) is 0. The quantitative estimate of drug-likeness (QED) is 0.607. The van der Waals surface area contributed by atoms with Crippen molar-refractivity contribution in [3.63, 3.8) is 0 Å². The summed E-state index contributed by atoms with van der Waals surface area (Å²) in [7, 11) is 1.66. The van der Waals surface area contributed by atoms with Crippen LogP contribution in [0.15, 0.2) is 66.7 Å². The Hall–Kier alpha value is -2.32. The Balaban J connectivity index is 1.87. The predicted octanol–water partition coefficient (Wildman–Crippen LogP) is 5.13. The molecule has 0 saturated heterocycles. The predicted molar refractivity (Wildman–Crippen MR) is 90.1 cm³/mol. The van der Waals surface area contributed by atoms with Crippen LogP contribution in [0, 0.1) is 0 Å². The van der Waals surface area contributed by atoms with Gasteiger partial charge in [0.2, 0.25) is 6.29 Å². The van der Waals surface area contributed by atoms with Crippen LogP contribution in [0.5, 0.6) is 5.75 Å². The highest BCUT2D eigenvalue weighted by molar-refractivity contribution is 5.84. The van der Waals surface area contributed by atoms with Gasteiger partial charge in [-0.1, -0.05) is 61.5 Å². The minimum absolute atomic E-state index is 0.395. The van der Waals surface area contributed by atoms with E-state index < -0.39 is 6.29 Å². The maximum absolute atomic E-state index is 5.99. The average molecular weight is 292 g/mol. The molecular weight excluding hydrogens is 272 g/mol. The molecule has 0 saturated carbocycles. The lowest BCUT2D eigenvalue weighted by atomic mass is 10.1. The maximum Gasteiger partial charge on any atom is 0.226 e. The smallest absolute Gasteiger partial charge is 0.226 e. The Morgan fingerprint density at radius 1 is 0.864 bits per heavy atom. The Bertz CT molecular complexity index is 750. The average Bonchev–Trinajstić information content (AvgIpc) is 2.59. The molecule has 0 N–H and O–H groups in total. The van der Waals surface area contributed by atoms with Crippen LogP contribution < -0.4 is 4.74 Å². The molecule has 0 spiro atoms. The van der Waals surface area contributed by atoms with Crippen LogP contribution in [0.25, 0.3) is 10.8 Å². The van der Waals surface area contributed by atoms with E-state index in [1.807, 2.05) is 36.4 Å². The number of methoxy groups -OCH3 is 1. The minimum atomic E-state index is -0.395. The first-order valence-corrected chi connectivity index (χ1v) is 7.57. The molecule has 3 aromatic rings. The van der Waals surface area contributed by atoms with E-state index in [1.165, 1.54) is 16.3 Å². The number of rotatable bonds is 5. The molecule has 22 heavy (non-hydrogen) atoms. The summed E-state index contributed by atoms with van der Waals surface area (Å²) >= 11 is 0. The summed E-state index contributed by atoms with van der Waals surface area (Å²) < 4.78 is 11.5. The molecule has 112 valence electrons. The third-order valence-corrected chi connectivity index (χ3v) is 3.81. The van der Waals surface area contributed by atoms with E-state index in [1.54, 1.807) is 7.11 Å². The maximum atomic E-state index is 5.99. The Kier molecular flexibility index (Phi) is 4.40. The number of ether oxygens (including phenoxy) is 2. The summed E-state index contributed by atoms with van der Waals surface area (Å²) in [6.45, 7) is 2.17. The van der Waals surface area contributed by atoms with Gasteiger partial charge in [0.25, 0.3) is 0 Å². The van der Waals surface area contributed by atoms with Crippen LogP contribution in [-0.2, 0) is 11.2 Å². The molecule has 0 aliphatic carbocycles. The monoisotopic (exact) mass is 292 g/mol. The molecule has 2 nitrogen and oxygen atoms in total. The third-order valence-electron chi connectivity index (χ3n) is 3.81. The first kappa shape index (κ1) is 14.6. The highest BCUT2D eigenvalue weighted by atomic mass is 16.7. The summed E-state index contributed by atoms with van der Waals surface area (Å²) in [5.41, 5.74) is 2.35. The molecule has 2 heteroatoms. The molecule has 0 aromatic heterocycles. The van der Waals surface area contributed by atoms with Gasteiger partial charge in [-0.3, -0.25) is 0 Å². The van der Waals surface area contributed by atoms with Gasteiger partial charge in [-0.15, -0.1) is 0 Å². The van der Waals surface area contributed by atoms with Gasteiger partial charge in [-0.2, -0.15) is 0 Å². The van der Waals surface area contributed by atoms with Crippen molar-refractivity contribution in [3.8, 4) is 5.75 Å². The topological polar surface area (TPSA) is 18.5 Å². The van der Waals surface area contributed by atoms with Crippen LogP contribution in [0.4, 0.5) is 0 Å². The Morgan fingerprint density at radius 3 is 2.32 bits per heavy atom. The SMILES string of the molecule is CCc1ccc2cc(OC(OC)c3ccccc3)ccc2c1. The van der Waals surface area contributed by atoms with E-state index in [2.05, 4.69) is 37.3 Å². The number of benzene rings is 3.